The van der Waals surface area contributed by atoms with Gasteiger partial charge in [0.2, 0.25) is 0 Å². The van der Waals surface area contributed by atoms with Gasteiger partial charge in [-0.25, -0.2) is 4.68 Å². The molecule has 6 nitrogen and oxygen atoms in total. The quantitative estimate of drug-likeness (QED) is 0.755. The van der Waals surface area contributed by atoms with Gasteiger partial charge in [0.1, 0.15) is 5.69 Å². The van der Waals surface area contributed by atoms with E-state index < -0.39 is 6.10 Å². The number of aliphatic hydroxyl groups excluding tert-OH is 1. The van der Waals surface area contributed by atoms with Crippen LogP contribution in [0.1, 0.15) is 43.6 Å². The third-order valence-electron chi connectivity index (χ3n) is 2.65. The Balaban J connectivity index is 2.66. The SMILES string of the molecule is CCCC(O)CNC(=O)c1ccc(=O)n(CCC)n1. The second-order valence-electron chi connectivity index (χ2n) is 4.43. The maximum Gasteiger partial charge on any atom is 0.271 e. The molecule has 0 bridgehead atoms. The van der Waals surface area contributed by atoms with Crippen molar-refractivity contribution in [2.45, 2.75) is 45.8 Å². The Morgan fingerprint density at radius 1 is 1.42 bits per heavy atom. The number of carbonyl (C=O) groups is 1. The fraction of sp³-hybridized carbons (Fsp3) is 0.615. The number of carbonyl (C=O) groups excluding carboxylic acids is 1. The number of aryl methyl sites for hydroxylation is 1. The Morgan fingerprint density at radius 2 is 2.16 bits per heavy atom. The van der Waals surface area contributed by atoms with E-state index in [0.717, 1.165) is 12.8 Å². The van der Waals surface area contributed by atoms with Crippen molar-refractivity contribution in [1.82, 2.24) is 15.1 Å². The Bertz CT molecular complexity index is 470. The average Bonchev–Trinajstić information content (AvgIpc) is 2.39. The Kier molecular flexibility index (Phi) is 6.21. The normalized spacial score (nSPS) is 12.2. The molecule has 1 heterocycles. The Labute approximate surface area is 112 Å². The Morgan fingerprint density at radius 3 is 2.79 bits per heavy atom. The molecule has 0 saturated carbocycles. The highest BCUT2D eigenvalue weighted by Crippen LogP contribution is 1.96. The molecule has 1 amide bonds. The summed E-state index contributed by atoms with van der Waals surface area (Å²) >= 11 is 0. The van der Waals surface area contributed by atoms with Crippen molar-refractivity contribution in [1.29, 1.82) is 0 Å². The molecule has 106 valence electrons. The summed E-state index contributed by atoms with van der Waals surface area (Å²) in [5.74, 6) is -0.375. The molecule has 0 fully saturated rings. The molecule has 1 rings (SSSR count). The van der Waals surface area contributed by atoms with Crippen LogP contribution in [0.3, 0.4) is 0 Å². The van der Waals surface area contributed by atoms with Crippen LogP contribution in [-0.2, 0) is 6.54 Å². The minimum absolute atomic E-state index is 0.191. The molecule has 0 aromatic carbocycles. The maximum atomic E-state index is 11.8. The molecule has 19 heavy (non-hydrogen) atoms. The lowest BCUT2D eigenvalue weighted by atomic mass is 10.2. The van der Waals surface area contributed by atoms with E-state index >= 15 is 0 Å². The summed E-state index contributed by atoms with van der Waals surface area (Å²) in [6.45, 7) is 4.58. The minimum atomic E-state index is -0.546. The molecule has 0 aliphatic heterocycles. The van der Waals surface area contributed by atoms with Gasteiger partial charge in [-0.2, -0.15) is 5.10 Å². The van der Waals surface area contributed by atoms with Crippen molar-refractivity contribution >= 4 is 5.91 Å². The summed E-state index contributed by atoms with van der Waals surface area (Å²) in [5, 5.41) is 16.1. The number of amides is 1. The smallest absolute Gasteiger partial charge is 0.271 e. The zero-order valence-corrected chi connectivity index (χ0v) is 11.4. The summed E-state index contributed by atoms with van der Waals surface area (Å²) in [6, 6.07) is 2.73. The number of hydrogen-bond donors (Lipinski definition) is 2. The molecule has 1 atom stereocenters. The van der Waals surface area contributed by atoms with Crippen LogP contribution in [0.2, 0.25) is 0 Å². The number of aromatic nitrogens is 2. The van der Waals surface area contributed by atoms with Gasteiger partial charge in [-0.1, -0.05) is 20.3 Å². The van der Waals surface area contributed by atoms with Crippen LogP contribution >= 0.6 is 0 Å². The third-order valence-corrected chi connectivity index (χ3v) is 2.65. The van der Waals surface area contributed by atoms with E-state index in [0.29, 0.717) is 13.0 Å². The van der Waals surface area contributed by atoms with Gasteiger partial charge in [-0.05, 0) is 18.9 Å². The third kappa shape index (κ3) is 4.82. The predicted molar refractivity (Wildman–Crippen MR) is 72.0 cm³/mol. The van der Waals surface area contributed by atoms with Gasteiger partial charge in [0.25, 0.3) is 11.5 Å². The Hall–Kier alpha value is -1.69. The van der Waals surface area contributed by atoms with E-state index in [2.05, 4.69) is 10.4 Å². The van der Waals surface area contributed by atoms with Crippen molar-refractivity contribution in [2.75, 3.05) is 6.54 Å². The fourth-order valence-corrected chi connectivity index (χ4v) is 1.68. The van der Waals surface area contributed by atoms with E-state index in [1.165, 1.54) is 16.8 Å². The largest absolute Gasteiger partial charge is 0.391 e. The molecule has 0 aliphatic rings. The predicted octanol–water partition coefficient (Wildman–Crippen LogP) is 0.544. The fourth-order valence-electron chi connectivity index (χ4n) is 1.68. The number of nitrogens with one attached hydrogen (secondary N) is 1. The van der Waals surface area contributed by atoms with E-state index in [1.807, 2.05) is 13.8 Å². The minimum Gasteiger partial charge on any atom is -0.391 e. The number of nitrogens with zero attached hydrogens (tertiary/aromatic N) is 2. The first-order valence-corrected chi connectivity index (χ1v) is 6.62. The lowest BCUT2D eigenvalue weighted by molar-refractivity contribution is 0.0902. The molecular weight excluding hydrogens is 246 g/mol. The maximum absolute atomic E-state index is 11.8. The number of aliphatic hydroxyl groups is 1. The first-order chi connectivity index (χ1) is 9.08. The second kappa shape index (κ2) is 7.68. The molecule has 6 heteroatoms. The first kappa shape index (κ1) is 15.4. The van der Waals surface area contributed by atoms with Crippen molar-refractivity contribution in [2.24, 2.45) is 0 Å². The van der Waals surface area contributed by atoms with E-state index in [4.69, 9.17) is 0 Å². The molecular formula is C13H21N3O3. The topological polar surface area (TPSA) is 84.2 Å². The summed E-state index contributed by atoms with van der Waals surface area (Å²) in [4.78, 5) is 23.3. The van der Waals surface area contributed by atoms with Crippen LogP contribution in [0.5, 0.6) is 0 Å². The highest BCUT2D eigenvalue weighted by molar-refractivity contribution is 5.91. The summed E-state index contributed by atoms with van der Waals surface area (Å²) < 4.78 is 1.28. The highest BCUT2D eigenvalue weighted by Gasteiger charge is 2.11. The molecule has 1 unspecified atom stereocenters. The molecule has 1 aromatic rings. The molecule has 0 saturated heterocycles. The molecule has 0 radical (unpaired) electrons. The van der Waals surface area contributed by atoms with Crippen LogP contribution in [0.25, 0.3) is 0 Å². The van der Waals surface area contributed by atoms with Gasteiger partial charge < -0.3 is 10.4 Å². The summed E-state index contributed by atoms with van der Waals surface area (Å²) in [6.07, 6.45) is 1.72. The van der Waals surface area contributed by atoms with Gasteiger partial charge in [0.05, 0.1) is 6.10 Å². The summed E-state index contributed by atoms with van der Waals surface area (Å²) in [5.41, 5.74) is -0.0267. The molecule has 0 aliphatic carbocycles. The van der Waals surface area contributed by atoms with Gasteiger partial charge in [0.15, 0.2) is 0 Å². The van der Waals surface area contributed by atoms with E-state index in [9.17, 15) is 14.7 Å². The average molecular weight is 267 g/mol. The number of hydrogen-bond acceptors (Lipinski definition) is 4. The van der Waals surface area contributed by atoms with Crippen molar-refractivity contribution < 1.29 is 9.90 Å². The van der Waals surface area contributed by atoms with Crippen molar-refractivity contribution in [3.8, 4) is 0 Å². The van der Waals surface area contributed by atoms with Gasteiger partial charge in [-0.15, -0.1) is 0 Å². The standard InChI is InChI=1S/C13H21N3O3/c1-3-5-10(17)9-14-13(19)11-6-7-12(18)16(15-11)8-4-2/h6-7,10,17H,3-5,8-9H2,1-2H3,(H,14,19). The van der Waals surface area contributed by atoms with Crippen LogP contribution < -0.4 is 10.9 Å². The van der Waals surface area contributed by atoms with Crippen molar-refractivity contribution in [3.05, 3.63) is 28.2 Å². The van der Waals surface area contributed by atoms with Gasteiger partial charge >= 0.3 is 0 Å². The van der Waals surface area contributed by atoms with E-state index in [-0.39, 0.29) is 23.7 Å². The van der Waals surface area contributed by atoms with Gasteiger partial charge in [0, 0.05) is 19.2 Å². The molecule has 2 N–H and O–H groups in total. The highest BCUT2D eigenvalue weighted by atomic mass is 16.3. The summed E-state index contributed by atoms with van der Waals surface area (Å²) in [7, 11) is 0. The lowest BCUT2D eigenvalue weighted by Crippen LogP contribution is -2.34. The van der Waals surface area contributed by atoms with Crippen LogP contribution in [-0.4, -0.2) is 33.4 Å². The molecule has 1 aromatic heterocycles. The van der Waals surface area contributed by atoms with Crippen molar-refractivity contribution in [3.63, 3.8) is 0 Å². The van der Waals surface area contributed by atoms with Crippen LogP contribution in [0, 0.1) is 0 Å². The van der Waals surface area contributed by atoms with Crippen LogP contribution in [0.15, 0.2) is 16.9 Å². The van der Waals surface area contributed by atoms with Gasteiger partial charge in [-0.3, -0.25) is 9.59 Å². The zero-order valence-electron chi connectivity index (χ0n) is 11.4. The molecule has 0 spiro atoms. The van der Waals surface area contributed by atoms with Crippen LogP contribution in [0.4, 0.5) is 0 Å². The lowest BCUT2D eigenvalue weighted by Gasteiger charge is -2.11. The first-order valence-electron chi connectivity index (χ1n) is 6.62. The zero-order chi connectivity index (χ0) is 14.3. The number of rotatable bonds is 7. The second-order valence-corrected chi connectivity index (χ2v) is 4.43. The van der Waals surface area contributed by atoms with E-state index in [1.54, 1.807) is 0 Å². The monoisotopic (exact) mass is 267 g/mol.